The van der Waals surface area contributed by atoms with Gasteiger partial charge < -0.3 is 36.6 Å². The lowest BCUT2D eigenvalue weighted by atomic mass is 9.94. The average Bonchev–Trinajstić information content (AvgIpc) is 3.17. The minimum absolute atomic E-state index is 0.0561. The van der Waals surface area contributed by atoms with E-state index in [9.17, 15) is 34.5 Å². The van der Waals surface area contributed by atoms with Crippen molar-refractivity contribution in [3.05, 3.63) is 102 Å². The van der Waals surface area contributed by atoms with Crippen LogP contribution in [0.1, 0.15) is 95.8 Å². The van der Waals surface area contributed by atoms with E-state index in [0.29, 0.717) is 25.1 Å². The first kappa shape index (κ1) is 52.0. The Morgan fingerprint density at radius 1 is 0.776 bits per heavy atom. The normalized spacial score (nSPS) is 13.9. The van der Waals surface area contributed by atoms with Crippen LogP contribution in [-0.4, -0.2) is 87.3 Å². The van der Waals surface area contributed by atoms with Crippen LogP contribution in [0.3, 0.4) is 0 Å². The topological polar surface area (TPSA) is 177 Å². The smallest absolute Gasteiger partial charge is 0.244 e. The van der Waals surface area contributed by atoms with Crippen LogP contribution in [0.5, 0.6) is 5.75 Å². The Morgan fingerprint density at radius 2 is 1.29 bits per heavy atom. The number of carbonyl (C=O) groups excluding carboxylic acids is 4. The van der Waals surface area contributed by atoms with E-state index in [-0.39, 0.29) is 24.6 Å². The Hall–Kier alpha value is -4.04. The number of hydrogen-bond acceptors (Lipinski definition) is 9. The molecule has 0 aliphatic heterocycles. The first-order valence-corrected chi connectivity index (χ1v) is 22.4. The lowest BCUT2D eigenvalue weighted by Gasteiger charge is -2.34. The molecule has 0 aliphatic rings. The third kappa shape index (κ3) is 24.0. The summed E-state index contributed by atoms with van der Waals surface area (Å²) in [4.78, 5) is 51.7. The number of aliphatic hydroxyl groups excluding tert-OH is 2. The third-order valence-corrected chi connectivity index (χ3v) is 12.0. The summed E-state index contributed by atoms with van der Waals surface area (Å²) in [5, 5.41) is 40.1. The van der Waals surface area contributed by atoms with Crippen LogP contribution in [0.4, 0.5) is 0 Å². The molecule has 0 spiro atoms. The summed E-state index contributed by atoms with van der Waals surface area (Å²) in [5.74, 6) is -0.996. The van der Waals surface area contributed by atoms with Crippen LogP contribution in [0, 0.1) is 13.8 Å². The molecule has 0 saturated carbocycles. The molecule has 1 rings (SSSR count). The monoisotopic (exact) mass is 840 g/mol. The first-order valence-electron chi connectivity index (χ1n) is 20.1. The van der Waals surface area contributed by atoms with Crippen LogP contribution in [0.15, 0.2) is 85.0 Å². The van der Waals surface area contributed by atoms with E-state index >= 15 is 0 Å². The summed E-state index contributed by atoms with van der Waals surface area (Å²) < 4.78 is -0.889. The van der Waals surface area contributed by atoms with Crippen molar-refractivity contribution in [3.8, 4) is 5.75 Å². The van der Waals surface area contributed by atoms with Gasteiger partial charge in [-0.15, -0.1) is 0 Å². The van der Waals surface area contributed by atoms with Crippen molar-refractivity contribution < 1.29 is 34.5 Å². The molecule has 0 heterocycles. The SMILES string of the molecule is CC/C=C\C/C=C\C/C=C\C/C=C\C/C=C\C/C=C\CCC(=O)NCCSSC(C)(C)[C@H](NC(=O)[C@H](Cc1c(C)cc(O)cc1C)NC(C)=O)C(=O)NC[C@@H](O)CO. The molecule has 0 aliphatic carbocycles. The predicted octanol–water partition coefficient (Wildman–Crippen LogP) is 6.76. The van der Waals surface area contributed by atoms with Crippen molar-refractivity contribution in [3.63, 3.8) is 0 Å². The quantitative estimate of drug-likeness (QED) is 0.0261. The summed E-state index contributed by atoms with van der Waals surface area (Å²) in [6.07, 6.45) is 31.4. The van der Waals surface area contributed by atoms with Gasteiger partial charge in [0.2, 0.25) is 23.6 Å². The second-order valence-electron chi connectivity index (χ2n) is 14.4. The fraction of sp³-hybridized carbons (Fsp3) is 0.511. The molecule has 4 amide bonds. The van der Waals surface area contributed by atoms with Gasteiger partial charge in [0.1, 0.15) is 17.8 Å². The highest BCUT2D eigenvalue weighted by Gasteiger charge is 2.39. The molecule has 7 N–H and O–H groups in total. The number of benzene rings is 1. The fourth-order valence-corrected chi connectivity index (χ4v) is 8.08. The zero-order chi connectivity index (χ0) is 43.2. The number of carbonyl (C=O) groups is 4. The summed E-state index contributed by atoms with van der Waals surface area (Å²) in [6, 6.07) is 1.05. The molecular weight excluding hydrogens is 773 g/mol. The lowest BCUT2D eigenvalue weighted by Crippen LogP contribution is -2.60. The number of aryl methyl sites for hydroxylation is 2. The molecular formula is C45H68N4O7S2. The number of allylic oxidation sites excluding steroid dienone is 12. The molecule has 13 heteroatoms. The van der Waals surface area contributed by atoms with Gasteiger partial charge in [0.05, 0.1) is 12.7 Å². The van der Waals surface area contributed by atoms with E-state index < -0.39 is 47.3 Å². The fourth-order valence-electron chi connectivity index (χ4n) is 5.55. The zero-order valence-electron chi connectivity index (χ0n) is 35.3. The number of phenolic OH excluding ortho intramolecular Hbond substituents is 1. The van der Waals surface area contributed by atoms with E-state index in [1.54, 1.807) is 39.8 Å². The summed E-state index contributed by atoms with van der Waals surface area (Å²) in [7, 11) is 2.80. The molecule has 0 radical (unpaired) electrons. The maximum absolute atomic E-state index is 13.7. The highest BCUT2D eigenvalue weighted by Crippen LogP contribution is 2.38. The Bertz CT molecular complexity index is 1560. The van der Waals surface area contributed by atoms with Gasteiger partial charge in [-0.3, -0.25) is 19.2 Å². The van der Waals surface area contributed by atoms with Gasteiger partial charge in [0.15, 0.2) is 0 Å². The molecule has 322 valence electrons. The number of phenols is 1. The van der Waals surface area contributed by atoms with Crippen molar-refractivity contribution in [2.45, 2.75) is 122 Å². The van der Waals surface area contributed by atoms with Gasteiger partial charge in [-0.1, -0.05) is 101 Å². The maximum atomic E-state index is 13.7. The number of nitrogens with one attached hydrogen (secondary N) is 4. The molecule has 0 aromatic heterocycles. The molecule has 11 nitrogen and oxygen atoms in total. The van der Waals surface area contributed by atoms with Crippen LogP contribution in [0.2, 0.25) is 0 Å². The molecule has 0 fully saturated rings. The van der Waals surface area contributed by atoms with Crippen molar-refractivity contribution in [1.82, 2.24) is 21.3 Å². The number of aliphatic hydroxyl groups is 2. The number of rotatable bonds is 29. The molecule has 0 bridgehead atoms. The second-order valence-corrected chi connectivity index (χ2v) is 17.4. The number of hydrogen-bond donors (Lipinski definition) is 7. The molecule has 0 unspecified atom stereocenters. The molecule has 3 atom stereocenters. The average molecular weight is 841 g/mol. The molecule has 0 saturated heterocycles. The summed E-state index contributed by atoms with van der Waals surface area (Å²) in [6.45, 7) is 10.3. The highest BCUT2D eigenvalue weighted by atomic mass is 33.1. The van der Waals surface area contributed by atoms with E-state index in [1.165, 1.54) is 28.5 Å². The minimum atomic E-state index is -1.18. The van der Waals surface area contributed by atoms with E-state index in [1.807, 2.05) is 6.08 Å². The van der Waals surface area contributed by atoms with Crippen molar-refractivity contribution in [2.24, 2.45) is 0 Å². The van der Waals surface area contributed by atoms with Crippen LogP contribution in [-0.2, 0) is 25.6 Å². The second kappa shape index (κ2) is 31.0. The van der Waals surface area contributed by atoms with E-state index in [4.69, 9.17) is 0 Å². The van der Waals surface area contributed by atoms with Crippen molar-refractivity contribution in [2.75, 3.05) is 25.4 Å². The van der Waals surface area contributed by atoms with Gasteiger partial charge in [-0.2, -0.15) is 0 Å². The maximum Gasteiger partial charge on any atom is 0.244 e. The summed E-state index contributed by atoms with van der Waals surface area (Å²) in [5.41, 5.74) is 2.28. The van der Waals surface area contributed by atoms with Crippen LogP contribution < -0.4 is 21.3 Å². The van der Waals surface area contributed by atoms with Crippen molar-refractivity contribution >= 4 is 45.2 Å². The first-order chi connectivity index (χ1) is 27.7. The summed E-state index contributed by atoms with van der Waals surface area (Å²) >= 11 is 0. The molecule has 1 aromatic rings. The van der Waals surface area contributed by atoms with Gasteiger partial charge in [0, 0.05) is 43.4 Å². The van der Waals surface area contributed by atoms with Crippen LogP contribution in [0.25, 0.3) is 0 Å². The minimum Gasteiger partial charge on any atom is -0.508 e. The molecule has 58 heavy (non-hydrogen) atoms. The largest absolute Gasteiger partial charge is 0.508 e. The van der Waals surface area contributed by atoms with E-state index in [2.05, 4.69) is 95.0 Å². The third-order valence-electron chi connectivity index (χ3n) is 8.67. The Balaban J connectivity index is 2.57. The Labute approximate surface area is 354 Å². The van der Waals surface area contributed by atoms with Crippen molar-refractivity contribution in [1.29, 1.82) is 0 Å². The predicted molar refractivity (Wildman–Crippen MR) is 242 cm³/mol. The van der Waals surface area contributed by atoms with Gasteiger partial charge in [-0.05, 0) is 101 Å². The van der Waals surface area contributed by atoms with Gasteiger partial charge >= 0.3 is 0 Å². The standard InChI is InChI=1S/C45H68N4O7S2/c1-7-8-9-10-11-12-13-14-15-16-17-18-19-20-21-22-23-24-25-26-41(54)46-27-28-57-58-45(5,6)42(44(56)47-32-38(53)33-50)49-43(55)40(48-36(4)51)31-39-34(2)29-37(52)30-35(39)3/h8-9,11-12,14-15,17-18,20-21,23-24,29-30,38,40,42,50,52-53H,7,10,13,16,19,22,25-28,31-33H2,1-6H3,(H,46,54)(H,47,56)(H,48,51)(H,49,55)/b9-8-,12-11-,15-14-,18-17-,21-20-,24-23-/t38-,40+,42-/m1/s1. The van der Waals surface area contributed by atoms with E-state index in [0.717, 1.165) is 55.2 Å². The molecule has 1 aromatic carbocycles. The zero-order valence-corrected chi connectivity index (χ0v) is 36.9. The lowest BCUT2D eigenvalue weighted by molar-refractivity contribution is -0.132. The van der Waals surface area contributed by atoms with Gasteiger partial charge in [-0.25, -0.2) is 0 Å². The van der Waals surface area contributed by atoms with Gasteiger partial charge in [0.25, 0.3) is 0 Å². The Morgan fingerprint density at radius 3 is 1.79 bits per heavy atom. The van der Waals surface area contributed by atoms with Crippen LogP contribution >= 0.6 is 21.6 Å². The Kier molecular flexibility index (Phi) is 27.7. The highest BCUT2D eigenvalue weighted by molar-refractivity contribution is 8.77. The number of amides is 4. The number of aromatic hydroxyl groups is 1.